The smallest absolute Gasteiger partial charge is 0.0994 e. The number of fused-ring (bicyclic) bond motifs is 2. The summed E-state index contributed by atoms with van der Waals surface area (Å²) in [5, 5.41) is 20.5. The summed E-state index contributed by atoms with van der Waals surface area (Å²) in [4.78, 5) is 2.58. The molecule has 2 saturated heterocycles. The highest BCUT2D eigenvalue weighted by Gasteiger charge is 2.48. The lowest BCUT2D eigenvalue weighted by Gasteiger charge is -2.44. The van der Waals surface area contributed by atoms with Crippen LogP contribution in [0.5, 0.6) is 0 Å². The molecule has 2 heterocycles. The lowest BCUT2D eigenvalue weighted by Crippen LogP contribution is -2.49. The fourth-order valence-corrected chi connectivity index (χ4v) is 4.68. The van der Waals surface area contributed by atoms with Crippen molar-refractivity contribution in [2.24, 2.45) is 0 Å². The van der Waals surface area contributed by atoms with Crippen molar-refractivity contribution in [1.82, 2.24) is 4.90 Å². The SMILES string of the molecule is Cc1cc(C2(O)CC3CCC(C2)N3Cc2ccccc2)ccc1C#N. The van der Waals surface area contributed by atoms with Gasteiger partial charge in [0.2, 0.25) is 0 Å². The highest BCUT2D eigenvalue weighted by molar-refractivity contribution is 5.41. The summed E-state index contributed by atoms with van der Waals surface area (Å²) < 4.78 is 0. The van der Waals surface area contributed by atoms with Gasteiger partial charge in [-0.2, -0.15) is 5.26 Å². The van der Waals surface area contributed by atoms with Gasteiger partial charge in [-0.15, -0.1) is 0 Å². The number of rotatable bonds is 3. The van der Waals surface area contributed by atoms with Crippen molar-refractivity contribution in [3.05, 3.63) is 70.8 Å². The maximum absolute atomic E-state index is 11.4. The molecule has 3 nitrogen and oxygen atoms in total. The van der Waals surface area contributed by atoms with Crippen LogP contribution in [-0.2, 0) is 12.1 Å². The van der Waals surface area contributed by atoms with Crippen LogP contribution >= 0.6 is 0 Å². The average molecular weight is 332 g/mol. The van der Waals surface area contributed by atoms with Crippen LogP contribution in [0, 0.1) is 18.3 Å². The minimum Gasteiger partial charge on any atom is -0.385 e. The van der Waals surface area contributed by atoms with Gasteiger partial charge < -0.3 is 5.11 Å². The van der Waals surface area contributed by atoms with Gasteiger partial charge in [-0.1, -0.05) is 42.5 Å². The molecular weight excluding hydrogens is 308 g/mol. The third-order valence-corrected chi connectivity index (χ3v) is 6.01. The summed E-state index contributed by atoms with van der Waals surface area (Å²) in [6.45, 7) is 2.92. The minimum absolute atomic E-state index is 0.430. The predicted octanol–water partition coefficient (Wildman–Crippen LogP) is 3.88. The predicted molar refractivity (Wildman–Crippen MR) is 97.8 cm³/mol. The number of hydrogen-bond donors (Lipinski definition) is 1. The van der Waals surface area contributed by atoms with E-state index in [1.165, 1.54) is 5.56 Å². The Kier molecular flexibility index (Phi) is 4.11. The lowest BCUT2D eigenvalue weighted by molar-refractivity contribution is -0.0595. The van der Waals surface area contributed by atoms with Crippen molar-refractivity contribution in [1.29, 1.82) is 5.26 Å². The highest BCUT2D eigenvalue weighted by atomic mass is 16.3. The second kappa shape index (κ2) is 6.29. The van der Waals surface area contributed by atoms with Crippen molar-refractivity contribution in [3.8, 4) is 6.07 Å². The highest BCUT2D eigenvalue weighted by Crippen LogP contribution is 2.46. The van der Waals surface area contributed by atoms with E-state index in [4.69, 9.17) is 5.26 Å². The molecule has 2 aliphatic heterocycles. The molecule has 4 rings (SSSR count). The fourth-order valence-electron chi connectivity index (χ4n) is 4.68. The zero-order valence-corrected chi connectivity index (χ0v) is 14.7. The molecule has 0 saturated carbocycles. The summed E-state index contributed by atoms with van der Waals surface area (Å²) in [5.74, 6) is 0. The van der Waals surface area contributed by atoms with Crippen LogP contribution in [-0.4, -0.2) is 22.1 Å². The lowest BCUT2D eigenvalue weighted by atomic mass is 9.79. The van der Waals surface area contributed by atoms with E-state index >= 15 is 0 Å². The summed E-state index contributed by atoms with van der Waals surface area (Å²) in [7, 11) is 0. The van der Waals surface area contributed by atoms with Crippen molar-refractivity contribution >= 4 is 0 Å². The molecule has 3 heteroatoms. The normalized spacial score (nSPS) is 28.7. The number of piperidine rings is 1. The first-order valence-corrected chi connectivity index (χ1v) is 9.12. The van der Waals surface area contributed by atoms with Crippen molar-refractivity contribution in [3.63, 3.8) is 0 Å². The monoisotopic (exact) mass is 332 g/mol. The van der Waals surface area contributed by atoms with Crippen LogP contribution in [0.15, 0.2) is 48.5 Å². The number of aliphatic hydroxyl groups is 1. The standard InChI is InChI=1S/C22H24N2O/c1-16-11-19(8-7-18(16)14-23)22(25)12-20-9-10-21(13-22)24(20)15-17-5-3-2-4-6-17/h2-8,11,20-21,25H,9-10,12-13,15H2,1H3. The Morgan fingerprint density at radius 1 is 1.12 bits per heavy atom. The molecule has 2 unspecified atom stereocenters. The Morgan fingerprint density at radius 2 is 1.80 bits per heavy atom. The van der Waals surface area contributed by atoms with Crippen molar-refractivity contribution < 1.29 is 5.11 Å². The summed E-state index contributed by atoms with van der Waals surface area (Å²) in [6.07, 6.45) is 3.88. The Balaban J connectivity index is 1.56. The van der Waals surface area contributed by atoms with Gasteiger partial charge in [0.05, 0.1) is 17.2 Å². The summed E-state index contributed by atoms with van der Waals surface area (Å²) in [5.41, 5.74) is 3.20. The van der Waals surface area contributed by atoms with E-state index in [0.29, 0.717) is 17.6 Å². The molecule has 2 aromatic rings. The first kappa shape index (κ1) is 16.3. The Hall–Kier alpha value is -2.15. The van der Waals surface area contributed by atoms with Crippen LogP contribution in [0.25, 0.3) is 0 Å². The van der Waals surface area contributed by atoms with Gasteiger partial charge in [0.1, 0.15) is 0 Å². The van der Waals surface area contributed by atoms with Crippen LogP contribution in [0.3, 0.4) is 0 Å². The maximum atomic E-state index is 11.4. The number of benzene rings is 2. The Bertz CT molecular complexity index is 795. The minimum atomic E-state index is -0.766. The molecule has 0 radical (unpaired) electrons. The summed E-state index contributed by atoms with van der Waals surface area (Å²) >= 11 is 0. The molecule has 2 atom stereocenters. The van der Waals surface area contributed by atoms with Crippen LogP contribution in [0.2, 0.25) is 0 Å². The quantitative estimate of drug-likeness (QED) is 0.928. The van der Waals surface area contributed by atoms with Gasteiger partial charge in [-0.3, -0.25) is 4.90 Å². The van der Waals surface area contributed by atoms with Crippen LogP contribution in [0.1, 0.15) is 47.9 Å². The zero-order chi connectivity index (χ0) is 17.4. The molecule has 0 aromatic heterocycles. The zero-order valence-electron chi connectivity index (χ0n) is 14.7. The fraction of sp³-hybridized carbons (Fsp3) is 0.409. The molecule has 0 aliphatic carbocycles. The summed E-state index contributed by atoms with van der Waals surface area (Å²) in [6, 6.07) is 19.5. The van der Waals surface area contributed by atoms with Gasteiger partial charge in [-0.25, -0.2) is 0 Å². The number of nitrogens with zero attached hydrogens (tertiary/aromatic N) is 2. The van der Waals surface area contributed by atoms with Gasteiger partial charge in [0, 0.05) is 18.6 Å². The molecule has 2 bridgehead atoms. The van der Waals surface area contributed by atoms with Crippen molar-refractivity contribution in [2.75, 3.05) is 0 Å². The first-order chi connectivity index (χ1) is 12.1. The Morgan fingerprint density at radius 3 is 2.40 bits per heavy atom. The molecule has 2 aliphatic rings. The molecule has 128 valence electrons. The molecule has 2 aromatic carbocycles. The van der Waals surface area contributed by atoms with E-state index in [0.717, 1.165) is 43.4 Å². The van der Waals surface area contributed by atoms with E-state index in [2.05, 4.69) is 41.3 Å². The van der Waals surface area contributed by atoms with E-state index in [9.17, 15) is 5.11 Å². The molecule has 2 fully saturated rings. The van der Waals surface area contributed by atoms with Crippen LogP contribution < -0.4 is 0 Å². The second-order valence-corrected chi connectivity index (χ2v) is 7.62. The molecule has 0 spiro atoms. The van der Waals surface area contributed by atoms with Gasteiger partial charge in [0.25, 0.3) is 0 Å². The van der Waals surface area contributed by atoms with E-state index in [-0.39, 0.29) is 0 Å². The molecule has 0 amide bonds. The number of nitriles is 1. The Labute approximate surface area is 149 Å². The largest absolute Gasteiger partial charge is 0.385 e. The van der Waals surface area contributed by atoms with E-state index in [1.54, 1.807) is 0 Å². The molecule has 25 heavy (non-hydrogen) atoms. The van der Waals surface area contributed by atoms with Crippen LogP contribution in [0.4, 0.5) is 0 Å². The number of hydrogen-bond acceptors (Lipinski definition) is 3. The molecular formula is C22H24N2O. The van der Waals surface area contributed by atoms with Gasteiger partial charge >= 0.3 is 0 Å². The van der Waals surface area contributed by atoms with E-state index in [1.807, 2.05) is 25.1 Å². The molecule has 1 N–H and O–H groups in total. The number of aryl methyl sites for hydroxylation is 1. The third kappa shape index (κ3) is 2.97. The first-order valence-electron chi connectivity index (χ1n) is 9.12. The second-order valence-electron chi connectivity index (χ2n) is 7.62. The third-order valence-electron chi connectivity index (χ3n) is 6.01. The van der Waals surface area contributed by atoms with Crippen molar-refractivity contribution in [2.45, 2.75) is 56.8 Å². The topological polar surface area (TPSA) is 47.3 Å². The van der Waals surface area contributed by atoms with E-state index < -0.39 is 5.60 Å². The maximum Gasteiger partial charge on any atom is 0.0994 e. The van der Waals surface area contributed by atoms with Gasteiger partial charge in [0.15, 0.2) is 0 Å². The average Bonchev–Trinajstić information content (AvgIpc) is 2.86. The van der Waals surface area contributed by atoms with Gasteiger partial charge in [-0.05, 0) is 55.4 Å².